The number of fused-ring (bicyclic) bond motifs is 2. The largest absolute Gasteiger partial charge is 0.459 e. The number of hydrogen-bond donors (Lipinski definition) is 1. The molecular weight excluding hydrogens is 734 g/mol. The number of likely N-dealkylation sites (tertiary alicyclic amines) is 2. The van der Waals surface area contributed by atoms with Crippen molar-refractivity contribution in [3.63, 3.8) is 0 Å². The number of aryl methyl sites for hydroxylation is 2. The van der Waals surface area contributed by atoms with Gasteiger partial charge in [0.2, 0.25) is 0 Å². The van der Waals surface area contributed by atoms with Crippen LogP contribution in [-0.4, -0.2) is 143 Å². The van der Waals surface area contributed by atoms with Gasteiger partial charge in [0.25, 0.3) is 5.91 Å². The third-order valence-electron chi connectivity index (χ3n) is 11.9. The Bertz CT molecular complexity index is 2040. The van der Waals surface area contributed by atoms with Crippen molar-refractivity contribution >= 4 is 46.7 Å². The van der Waals surface area contributed by atoms with Gasteiger partial charge < -0.3 is 38.8 Å². The highest BCUT2D eigenvalue weighted by atomic mass is 16.6. The Hall–Kier alpha value is -5.38. The summed E-state index contributed by atoms with van der Waals surface area (Å²) in [6, 6.07) is 11.5. The summed E-state index contributed by atoms with van der Waals surface area (Å²) in [5, 5.41) is 3.03. The minimum absolute atomic E-state index is 0.0395. The number of ether oxygens (including phenoxy) is 2. The topological polar surface area (TPSA) is 167 Å². The van der Waals surface area contributed by atoms with Crippen LogP contribution in [0.5, 0.6) is 0 Å². The number of rotatable bonds is 8. The first-order chi connectivity index (χ1) is 27.5. The number of anilines is 1. The zero-order valence-electron chi connectivity index (χ0n) is 33.1. The molecule has 16 heteroatoms. The molecular formula is C41H53N7O9. The fourth-order valence-electron chi connectivity index (χ4n) is 8.72. The fourth-order valence-corrected chi connectivity index (χ4v) is 8.72. The van der Waals surface area contributed by atoms with E-state index in [0.717, 1.165) is 23.2 Å². The predicted molar refractivity (Wildman–Crippen MR) is 210 cm³/mol. The van der Waals surface area contributed by atoms with Gasteiger partial charge in [0.05, 0.1) is 12.1 Å². The minimum Gasteiger partial charge on any atom is -0.459 e. The van der Waals surface area contributed by atoms with Crippen LogP contribution in [0, 0.1) is 6.92 Å². The second kappa shape index (κ2) is 17.4. The molecule has 4 aliphatic heterocycles. The van der Waals surface area contributed by atoms with Crippen molar-refractivity contribution in [2.75, 3.05) is 70.8 Å². The lowest BCUT2D eigenvalue weighted by atomic mass is 10.0. The van der Waals surface area contributed by atoms with Crippen LogP contribution in [0.15, 0.2) is 45.6 Å². The van der Waals surface area contributed by atoms with Gasteiger partial charge in [0, 0.05) is 90.1 Å². The zero-order chi connectivity index (χ0) is 40.2. The maximum absolute atomic E-state index is 14.3. The summed E-state index contributed by atoms with van der Waals surface area (Å²) < 4.78 is 18.0. The number of para-hydroxylation sites is 1. The summed E-state index contributed by atoms with van der Waals surface area (Å²) >= 11 is 0. The highest BCUT2D eigenvalue weighted by Gasteiger charge is 2.37. The summed E-state index contributed by atoms with van der Waals surface area (Å²) in [6.07, 6.45) is 2.38. The maximum Gasteiger partial charge on any atom is 0.419 e. The van der Waals surface area contributed by atoms with Gasteiger partial charge in [0.1, 0.15) is 0 Å². The first kappa shape index (κ1) is 39.8. The summed E-state index contributed by atoms with van der Waals surface area (Å²) in [6.45, 7) is 8.35. The van der Waals surface area contributed by atoms with Crippen LogP contribution in [0.3, 0.4) is 0 Å². The van der Waals surface area contributed by atoms with Crippen molar-refractivity contribution in [3.8, 4) is 0 Å². The number of aromatic nitrogens is 1. The van der Waals surface area contributed by atoms with Crippen LogP contribution in [0.25, 0.3) is 11.1 Å². The molecule has 5 amide bonds. The molecule has 0 bridgehead atoms. The van der Waals surface area contributed by atoms with E-state index < -0.39 is 29.8 Å². The molecule has 306 valence electrons. The lowest BCUT2D eigenvalue weighted by molar-refractivity contribution is -0.161. The normalized spacial score (nSPS) is 19.2. The van der Waals surface area contributed by atoms with Crippen molar-refractivity contribution in [1.29, 1.82) is 0 Å². The third kappa shape index (κ3) is 8.80. The predicted octanol–water partition coefficient (Wildman–Crippen LogP) is 3.13. The standard InChI is InChI=1S/C41H53N7O9/c1-4-23-55-38(51)37(50)45-14-10-30(11-15-45)44-19-21-46(22-20-44)36(49)34(26-28-24-27(2)35-33(25-28)56-40(53)43(35)3)57-41(54)47-16-12-31(13-17-47)48-18-9-29-7-5-6-8-32(29)42-39(48)52/h5-8,24-25,30-31,34H,4,9-23,26H2,1-3H3,(H,42,52)/t34-/m1/s1. The van der Waals surface area contributed by atoms with Gasteiger partial charge in [-0.05, 0) is 74.3 Å². The first-order valence-corrected chi connectivity index (χ1v) is 20.2. The molecule has 0 unspecified atom stereocenters. The molecule has 0 saturated carbocycles. The number of piperidine rings is 2. The fraction of sp³-hybridized carbons (Fsp3) is 0.561. The summed E-state index contributed by atoms with van der Waals surface area (Å²) in [7, 11) is 1.64. The van der Waals surface area contributed by atoms with Crippen LogP contribution in [0.4, 0.5) is 15.3 Å². The number of carbonyl (C=O) groups excluding carboxylic acids is 5. The number of benzene rings is 2. The molecule has 1 N–H and O–H groups in total. The molecule has 3 fully saturated rings. The Labute approximate surface area is 331 Å². The smallest absolute Gasteiger partial charge is 0.419 e. The van der Waals surface area contributed by atoms with Gasteiger partial charge in [-0.25, -0.2) is 19.2 Å². The van der Waals surface area contributed by atoms with Crippen molar-refractivity contribution in [3.05, 3.63) is 63.6 Å². The van der Waals surface area contributed by atoms with Crippen LogP contribution >= 0.6 is 0 Å². The molecule has 0 aliphatic carbocycles. The molecule has 3 saturated heterocycles. The molecule has 2 aromatic carbocycles. The van der Waals surface area contributed by atoms with E-state index in [0.29, 0.717) is 108 Å². The van der Waals surface area contributed by atoms with Crippen LogP contribution in [-0.2, 0) is 43.7 Å². The number of oxazole rings is 1. The van der Waals surface area contributed by atoms with Gasteiger partial charge in [-0.15, -0.1) is 0 Å². The number of nitrogens with one attached hydrogen (secondary N) is 1. The molecule has 0 spiro atoms. The van der Waals surface area contributed by atoms with E-state index in [-0.39, 0.29) is 37.0 Å². The number of esters is 1. The molecule has 57 heavy (non-hydrogen) atoms. The van der Waals surface area contributed by atoms with Gasteiger partial charge in [-0.2, -0.15) is 0 Å². The average Bonchev–Trinajstić information content (AvgIpc) is 3.40. The second-order valence-corrected chi connectivity index (χ2v) is 15.5. The lowest BCUT2D eigenvalue weighted by Gasteiger charge is -2.43. The molecule has 7 rings (SSSR count). The Morgan fingerprint density at radius 3 is 2.26 bits per heavy atom. The third-order valence-corrected chi connectivity index (χ3v) is 11.9. The number of urea groups is 1. The zero-order valence-corrected chi connectivity index (χ0v) is 33.1. The van der Waals surface area contributed by atoms with E-state index in [1.807, 2.05) is 49.1 Å². The number of amides is 5. The van der Waals surface area contributed by atoms with E-state index in [4.69, 9.17) is 13.9 Å². The highest BCUT2D eigenvalue weighted by Crippen LogP contribution is 2.27. The van der Waals surface area contributed by atoms with E-state index >= 15 is 0 Å². The SMILES string of the molecule is CCCOC(=O)C(=O)N1CCC(N2CCN(C(=O)[C@@H](Cc3cc(C)c4c(c3)oc(=O)n4C)OC(=O)N3CCC(N4CCc5ccccc5NC4=O)CC3)CC2)CC1. The number of carbonyl (C=O) groups is 5. The van der Waals surface area contributed by atoms with Crippen molar-refractivity contribution < 1.29 is 37.9 Å². The monoisotopic (exact) mass is 787 g/mol. The average molecular weight is 788 g/mol. The second-order valence-electron chi connectivity index (χ2n) is 15.5. The molecule has 1 atom stereocenters. The Morgan fingerprint density at radius 2 is 1.54 bits per heavy atom. The summed E-state index contributed by atoms with van der Waals surface area (Å²) in [5.41, 5.74) is 4.49. The number of piperazine rings is 1. The van der Waals surface area contributed by atoms with Crippen molar-refractivity contribution in [1.82, 2.24) is 29.1 Å². The Morgan fingerprint density at radius 1 is 0.860 bits per heavy atom. The lowest BCUT2D eigenvalue weighted by Crippen LogP contribution is -2.57. The quantitative estimate of drug-likeness (QED) is 0.265. The molecule has 3 aromatic rings. The Kier molecular flexibility index (Phi) is 12.2. The maximum atomic E-state index is 14.3. The van der Waals surface area contributed by atoms with E-state index in [1.54, 1.807) is 27.8 Å². The minimum atomic E-state index is -1.12. The van der Waals surface area contributed by atoms with Gasteiger partial charge in [0.15, 0.2) is 11.7 Å². The molecule has 4 aliphatic rings. The first-order valence-electron chi connectivity index (χ1n) is 20.2. The van der Waals surface area contributed by atoms with E-state index in [1.165, 1.54) is 4.57 Å². The highest BCUT2D eigenvalue weighted by molar-refractivity contribution is 6.32. The summed E-state index contributed by atoms with van der Waals surface area (Å²) in [4.78, 5) is 87.3. The molecule has 16 nitrogen and oxygen atoms in total. The van der Waals surface area contributed by atoms with Gasteiger partial charge in [-0.1, -0.05) is 31.2 Å². The van der Waals surface area contributed by atoms with E-state index in [2.05, 4.69) is 10.2 Å². The van der Waals surface area contributed by atoms with Gasteiger partial charge >= 0.3 is 29.8 Å². The Balaban J connectivity index is 0.980. The molecule has 1 aromatic heterocycles. The molecule has 5 heterocycles. The van der Waals surface area contributed by atoms with Crippen molar-refractivity contribution in [2.45, 2.75) is 77.0 Å². The van der Waals surface area contributed by atoms with E-state index in [9.17, 15) is 28.8 Å². The van der Waals surface area contributed by atoms with Crippen molar-refractivity contribution in [2.24, 2.45) is 7.05 Å². The van der Waals surface area contributed by atoms with Crippen LogP contribution in [0.2, 0.25) is 0 Å². The van der Waals surface area contributed by atoms with Crippen LogP contribution in [0.1, 0.15) is 55.7 Å². The number of hydrogen-bond acceptors (Lipinski definition) is 10. The summed E-state index contributed by atoms with van der Waals surface area (Å²) in [5.74, 6) is -2.18. The molecule has 0 radical (unpaired) electrons. The van der Waals surface area contributed by atoms with Gasteiger partial charge in [-0.3, -0.25) is 19.1 Å². The van der Waals surface area contributed by atoms with Crippen LogP contribution < -0.4 is 11.1 Å². The number of nitrogens with zero attached hydrogens (tertiary/aromatic N) is 6.